The fraction of sp³-hybridized carbons (Fsp3) is 0.522. The minimum Gasteiger partial charge on any atom is -0.496 e. The van der Waals surface area contributed by atoms with Crippen molar-refractivity contribution < 1.29 is 14.3 Å². The summed E-state index contributed by atoms with van der Waals surface area (Å²) in [4.78, 5) is 28.6. The molecule has 3 heterocycles. The second-order valence-corrected chi connectivity index (χ2v) is 8.12. The first kappa shape index (κ1) is 21.4. The maximum atomic E-state index is 12.8. The first-order chi connectivity index (χ1) is 15.0. The number of carbonyl (C=O) groups is 1. The van der Waals surface area contributed by atoms with Crippen LogP contribution < -0.4 is 14.5 Å². The molecule has 0 aliphatic carbocycles. The molecule has 0 N–H and O–H groups in total. The van der Waals surface area contributed by atoms with Crippen molar-refractivity contribution in [3.8, 4) is 5.75 Å². The maximum Gasteiger partial charge on any atom is 0.227 e. The fourth-order valence-electron chi connectivity index (χ4n) is 4.13. The number of aryl methyl sites for hydroxylation is 2. The zero-order valence-electron chi connectivity index (χ0n) is 18.6. The van der Waals surface area contributed by atoms with E-state index in [4.69, 9.17) is 14.5 Å². The standard InChI is InChI=1S/C23H31N5O3/c1-17-14-19(4-5-20(17)30-3)16-22(29)27-8-6-26(7-9-27)21-15-18(2)24-23(25-21)28-10-12-31-13-11-28/h4-5,14-15H,6-13,16H2,1-3H3. The summed E-state index contributed by atoms with van der Waals surface area (Å²) in [5.74, 6) is 2.72. The van der Waals surface area contributed by atoms with Crippen LogP contribution in [0.4, 0.5) is 11.8 Å². The van der Waals surface area contributed by atoms with Gasteiger partial charge in [-0.3, -0.25) is 4.79 Å². The van der Waals surface area contributed by atoms with Crippen LogP contribution in [0.1, 0.15) is 16.8 Å². The van der Waals surface area contributed by atoms with E-state index in [2.05, 4.69) is 14.8 Å². The van der Waals surface area contributed by atoms with E-state index in [0.717, 1.165) is 60.5 Å². The third kappa shape index (κ3) is 5.07. The van der Waals surface area contributed by atoms with Crippen molar-refractivity contribution in [2.24, 2.45) is 0 Å². The highest BCUT2D eigenvalue weighted by Crippen LogP contribution is 2.21. The summed E-state index contributed by atoms with van der Waals surface area (Å²) in [5, 5.41) is 0. The van der Waals surface area contributed by atoms with Crippen LogP contribution in [0.2, 0.25) is 0 Å². The number of hydrogen-bond donors (Lipinski definition) is 0. The number of nitrogens with zero attached hydrogens (tertiary/aromatic N) is 5. The van der Waals surface area contributed by atoms with E-state index in [-0.39, 0.29) is 5.91 Å². The molecule has 0 unspecified atom stereocenters. The van der Waals surface area contributed by atoms with Crippen LogP contribution in [0.25, 0.3) is 0 Å². The monoisotopic (exact) mass is 425 g/mol. The fourth-order valence-corrected chi connectivity index (χ4v) is 4.13. The Bertz CT molecular complexity index is 921. The van der Waals surface area contributed by atoms with Gasteiger partial charge in [-0.2, -0.15) is 4.98 Å². The lowest BCUT2D eigenvalue weighted by Gasteiger charge is -2.36. The molecule has 4 rings (SSSR count). The van der Waals surface area contributed by atoms with Gasteiger partial charge >= 0.3 is 0 Å². The first-order valence-corrected chi connectivity index (χ1v) is 10.9. The minimum absolute atomic E-state index is 0.164. The summed E-state index contributed by atoms with van der Waals surface area (Å²) in [6.07, 6.45) is 0.415. The lowest BCUT2D eigenvalue weighted by molar-refractivity contribution is -0.130. The van der Waals surface area contributed by atoms with Crippen molar-refractivity contribution in [2.45, 2.75) is 20.3 Å². The molecule has 1 aromatic carbocycles. The highest BCUT2D eigenvalue weighted by atomic mass is 16.5. The number of morpholine rings is 1. The van der Waals surface area contributed by atoms with Gasteiger partial charge in [0.15, 0.2) is 0 Å². The number of amides is 1. The Balaban J connectivity index is 1.36. The van der Waals surface area contributed by atoms with E-state index in [0.29, 0.717) is 32.7 Å². The van der Waals surface area contributed by atoms with E-state index < -0.39 is 0 Å². The van der Waals surface area contributed by atoms with Gasteiger partial charge in [0.05, 0.1) is 26.7 Å². The van der Waals surface area contributed by atoms with Gasteiger partial charge in [-0.15, -0.1) is 0 Å². The highest BCUT2D eigenvalue weighted by Gasteiger charge is 2.24. The summed E-state index contributed by atoms with van der Waals surface area (Å²) in [6, 6.07) is 7.96. The number of benzene rings is 1. The van der Waals surface area contributed by atoms with E-state index in [1.807, 2.05) is 43.0 Å². The van der Waals surface area contributed by atoms with Crippen LogP contribution in [-0.4, -0.2) is 80.4 Å². The van der Waals surface area contributed by atoms with Crippen molar-refractivity contribution in [1.29, 1.82) is 0 Å². The molecule has 1 amide bonds. The van der Waals surface area contributed by atoms with Gasteiger partial charge in [0, 0.05) is 51.0 Å². The third-order valence-electron chi connectivity index (χ3n) is 5.89. The number of rotatable bonds is 5. The zero-order valence-corrected chi connectivity index (χ0v) is 18.6. The molecule has 0 saturated carbocycles. The SMILES string of the molecule is COc1ccc(CC(=O)N2CCN(c3cc(C)nc(N4CCOCC4)n3)CC2)cc1C. The number of piperazine rings is 1. The molecule has 0 bridgehead atoms. The van der Waals surface area contributed by atoms with E-state index >= 15 is 0 Å². The van der Waals surface area contributed by atoms with Crippen LogP contribution in [-0.2, 0) is 16.0 Å². The number of aromatic nitrogens is 2. The Labute approximate surface area is 183 Å². The summed E-state index contributed by atoms with van der Waals surface area (Å²) < 4.78 is 10.8. The van der Waals surface area contributed by atoms with Crippen molar-refractivity contribution >= 4 is 17.7 Å². The van der Waals surface area contributed by atoms with Crippen molar-refractivity contribution in [3.63, 3.8) is 0 Å². The molecule has 2 saturated heterocycles. The number of anilines is 2. The minimum atomic E-state index is 0.164. The molecule has 1 aromatic heterocycles. The van der Waals surface area contributed by atoms with Gasteiger partial charge in [0.2, 0.25) is 11.9 Å². The van der Waals surface area contributed by atoms with Crippen LogP contribution in [0.15, 0.2) is 24.3 Å². The van der Waals surface area contributed by atoms with Crippen molar-refractivity contribution in [2.75, 3.05) is 69.4 Å². The average Bonchev–Trinajstić information content (AvgIpc) is 2.79. The summed E-state index contributed by atoms with van der Waals surface area (Å²) in [7, 11) is 1.66. The second-order valence-electron chi connectivity index (χ2n) is 8.12. The molecule has 2 aliphatic rings. The normalized spacial score (nSPS) is 17.1. The number of hydrogen-bond acceptors (Lipinski definition) is 7. The Kier molecular flexibility index (Phi) is 6.56. The lowest BCUT2D eigenvalue weighted by atomic mass is 10.1. The maximum absolute atomic E-state index is 12.8. The quantitative estimate of drug-likeness (QED) is 0.724. The largest absolute Gasteiger partial charge is 0.496 e. The third-order valence-corrected chi connectivity index (χ3v) is 5.89. The molecule has 8 heteroatoms. The Morgan fingerprint density at radius 2 is 1.74 bits per heavy atom. The summed E-state index contributed by atoms with van der Waals surface area (Å²) >= 11 is 0. The molecule has 166 valence electrons. The van der Waals surface area contributed by atoms with Crippen LogP contribution >= 0.6 is 0 Å². The Morgan fingerprint density at radius 3 is 2.42 bits per heavy atom. The Morgan fingerprint density at radius 1 is 1.00 bits per heavy atom. The van der Waals surface area contributed by atoms with E-state index in [1.165, 1.54) is 0 Å². The van der Waals surface area contributed by atoms with Gasteiger partial charge in [0.25, 0.3) is 0 Å². The molecule has 8 nitrogen and oxygen atoms in total. The molecular formula is C23H31N5O3. The Hall–Kier alpha value is -2.87. The van der Waals surface area contributed by atoms with Crippen LogP contribution in [0.3, 0.4) is 0 Å². The molecular weight excluding hydrogens is 394 g/mol. The number of carbonyl (C=O) groups excluding carboxylic acids is 1. The van der Waals surface area contributed by atoms with Gasteiger partial charge in [-0.1, -0.05) is 12.1 Å². The van der Waals surface area contributed by atoms with E-state index in [1.54, 1.807) is 7.11 Å². The van der Waals surface area contributed by atoms with Gasteiger partial charge in [-0.25, -0.2) is 4.98 Å². The molecule has 0 atom stereocenters. The lowest BCUT2D eigenvalue weighted by Crippen LogP contribution is -2.49. The van der Waals surface area contributed by atoms with E-state index in [9.17, 15) is 4.79 Å². The zero-order chi connectivity index (χ0) is 21.8. The molecule has 31 heavy (non-hydrogen) atoms. The van der Waals surface area contributed by atoms with Gasteiger partial charge < -0.3 is 24.2 Å². The number of ether oxygens (including phenoxy) is 2. The molecule has 2 aromatic rings. The molecule has 0 radical (unpaired) electrons. The highest BCUT2D eigenvalue weighted by molar-refractivity contribution is 5.79. The van der Waals surface area contributed by atoms with Gasteiger partial charge in [0.1, 0.15) is 11.6 Å². The topological polar surface area (TPSA) is 71.0 Å². The molecule has 2 fully saturated rings. The smallest absolute Gasteiger partial charge is 0.227 e. The molecule has 0 spiro atoms. The molecule has 2 aliphatic heterocycles. The van der Waals surface area contributed by atoms with Crippen LogP contribution in [0.5, 0.6) is 5.75 Å². The number of methoxy groups -OCH3 is 1. The first-order valence-electron chi connectivity index (χ1n) is 10.9. The predicted molar refractivity (Wildman–Crippen MR) is 120 cm³/mol. The van der Waals surface area contributed by atoms with Crippen molar-refractivity contribution in [3.05, 3.63) is 41.1 Å². The summed E-state index contributed by atoms with van der Waals surface area (Å²) in [6.45, 7) is 9.99. The predicted octanol–water partition coefficient (Wildman–Crippen LogP) is 1.83. The average molecular weight is 426 g/mol. The van der Waals surface area contributed by atoms with Gasteiger partial charge in [-0.05, 0) is 31.0 Å². The van der Waals surface area contributed by atoms with Crippen molar-refractivity contribution in [1.82, 2.24) is 14.9 Å². The summed E-state index contributed by atoms with van der Waals surface area (Å²) in [5.41, 5.74) is 3.03. The van der Waals surface area contributed by atoms with Crippen LogP contribution in [0, 0.1) is 13.8 Å². The second kappa shape index (κ2) is 9.51.